The molecule has 1 aromatic carbocycles. The van der Waals surface area contributed by atoms with Gasteiger partial charge < -0.3 is 0 Å². The van der Waals surface area contributed by atoms with E-state index in [0.29, 0.717) is 0 Å². The molecular formula is C17H18N4. The minimum atomic E-state index is 0.788. The number of aryl methyl sites for hydroxylation is 4. The molecule has 0 spiro atoms. The lowest BCUT2D eigenvalue weighted by Gasteiger charge is -2.11. The molecule has 0 amide bonds. The molecule has 2 heterocycles. The maximum atomic E-state index is 4.40. The Labute approximate surface area is 124 Å². The topological polar surface area (TPSA) is 43.6 Å². The highest BCUT2D eigenvalue weighted by Gasteiger charge is 2.09. The molecule has 0 aliphatic carbocycles. The van der Waals surface area contributed by atoms with Gasteiger partial charge in [-0.2, -0.15) is 0 Å². The standard InChI is InChI=1S/C17H18N4/c1-11-9-12(2)17(13(3)10-11)15-5-6-16(20-19-15)21-8-7-18-14(21)4/h5-10H,1-4H3. The van der Waals surface area contributed by atoms with Crippen LogP contribution in [0.25, 0.3) is 17.1 Å². The molecule has 0 unspecified atom stereocenters. The predicted octanol–water partition coefficient (Wildman–Crippen LogP) is 3.56. The fourth-order valence-electron chi connectivity index (χ4n) is 2.79. The van der Waals surface area contributed by atoms with Crippen molar-refractivity contribution in [3.05, 3.63) is 59.2 Å². The first-order valence-electron chi connectivity index (χ1n) is 6.98. The molecule has 0 atom stereocenters. The molecule has 0 radical (unpaired) electrons. The Kier molecular flexibility index (Phi) is 3.29. The van der Waals surface area contributed by atoms with E-state index < -0.39 is 0 Å². The minimum Gasteiger partial charge on any atom is -0.287 e. The third-order valence-corrected chi connectivity index (χ3v) is 3.66. The molecule has 0 saturated carbocycles. The van der Waals surface area contributed by atoms with Gasteiger partial charge in [-0.1, -0.05) is 17.7 Å². The van der Waals surface area contributed by atoms with Crippen LogP contribution in [0.4, 0.5) is 0 Å². The van der Waals surface area contributed by atoms with Crippen LogP contribution in [0.15, 0.2) is 36.7 Å². The SMILES string of the molecule is Cc1cc(C)c(-c2ccc(-n3ccnc3C)nn2)c(C)c1. The highest BCUT2D eigenvalue weighted by molar-refractivity contribution is 5.68. The van der Waals surface area contributed by atoms with Gasteiger partial charge in [0.05, 0.1) is 5.69 Å². The molecule has 2 aromatic heterocycles. The second kappa shape index (κ2) is 5.13. The van der Waals surface area contributed by atoms with Crippen LogP contribution < -0.4 is 0 Å². The van der Waals surface area contributed by atoms with Crippen LogP contribution in [0.2, 0.25) is 0 Å². The van der Waals surface area contributed by atoms with E-state index >= 15 is 0 Å². The van der Waals surface area contributed by atoms with Gasteiger partial charge in [-0.3, -0.25) is 4.57 Å². The van der Waals surface area contributed by atoms with Crippen LogP contribution in [-0.2, 0) is 0 Å². The Balaban J connectivity index is 2.04. The minimum absolute atomic E-state index is 0.788. The summed E-state index contributed by atoms with van der Waals surface area (Å²) in [6.07, 6.45) is 3.65. The van der Waals surface area contributed by atoms with Gasteiger partial charge in [0, 0.05) is 18.0 Å². The summed E-state index contributed by atoms with van der Waals surface area (Å²) in [5.41, 5.74) is 5.81. The van der Waals surface area contributed by atoms with Crippen LogP contribution in [0.5, 0.6) is 0 Å². The average molecular weight is 278 g/mol. The van der Waals surface area contributed by atoms with E-state index in [2.05, 4.69) is 48.1 Å². The first-order valence-corrected chi connectivity index (χ1v) is 6.98. The second-order valence-corrected chi connectivity index (χ2v) is 5.39. The van der Waals surface area contributed by atoms with E-state index in [-0.39, 0.29) is 0 Å². The lowest BCUT2D eigenvalue weighted by atomic mass is 9.97. The monoisotopic (exact) mass is 278 g/mol. The van der Waals surface area contributed by atoms with Crippen molar-refractivity contribution in [3.63, 3.8) is 0 Å². The summed E-state index contributed by atoms with van der Waals surface area (Å²) >= 11 is 0. The molecule has 4 nitrogen and oxygen atoms in total. The van der Waals surface area contributed by atoms with Crippen LogP contribution in [-0.4, -0.2) is 19.7 Å². The predicted molar refractivity (Wildman–Crippen MR) is 83.5 cm³/mol. The van der Waals surface area contributed by atoms with Crippen molar-refractivity contribution in [3.8, 4) is 17.1 Å². The zero-order valence-electron chi connectivity index (χ0n) is 12.8. The third kappa shape index (κ3) is 2.44. The number of imidazole rings is 1. The van der Waals surface area contributed by atoms with Gasteiger partial charge >= 0.3 is 0 Å². The number of rotatable bonds is 2. The summed E-state index contributed by atoms with van der Waals surface area (Å²) in [6.45, 7) is 8.29. The molecule has 0 N–H and O–H groups in total. The Hall–Kier alpha value is -2.49. The molecule has 0 fully saturated rings. The zero-order chi connectivity index (χ0) is 15.0. The summed E-state index contributed by atoms with van der Waals surface area (Å²) in [6, 6.07) is 8.36. The Morgan fingerprint density at radius 1 is 0.905 bits per heavy atom. The smallest absolute Gasteiger partial charge is 0.160 e. The molecule has 3 rings (SSSR count). The van der Waals surface area contributed by atoms with E-state index in [1.54, 1.807) is 6.20 Å². The first-order chi connectivity index (χ1) is 10.1. The van der Waals surface area contributed by atoms with Crippen LogP contribution >= 0.6 is 0 Å². The molecular weight excluding hydrogens is 260 g/mol. The lowest BCUT2D eigenvalue weighted by Crippen LogP contribution is -2.01. The van der Waals surface area contributed by atoms with E-state index in [0.717, 1.165) is 17.3 Å². The van der Waals surface area contributed by atoms with E-state index in [1.165, 1.54) is 22.3 Å². The summed E-state index contributed by atoms with van der Waals surface area (Å²) in [4.78, 5) is 4.21. The molecule has 0 bridgehead atoms. The summed E-state index contributed by atoms with van der Waals surface area (Å²) in [5.74, 6) is 1.69. The van der Waals surface area contributed by atoms with Crippen molar-refractivity contribution in [2.24, 2.45) is 0 Å². The van der Waals surface area contributed by atoms with Gasteiger partial charge in [0.2, 0.25) is 0 Å². The Morgan fingerprint density at radius 3 is 2.14 bits per heavy atom. The summed E-state index contributed by atoms with van der Waals surface area (Å²) in [5, 5.41) is 8.73. The molecule has 21 heavy (non-hydrogen) atoms. The Morgan fingerprint density at radius 2 is 1.62 bits per heavy atom. The number of nitrogens with zero attached hydrogens (tertiary/aromatic N) is 4. The average Bonchev–Trinajstić information content (AvgIpc) is 2.85. The lowest BCUT2D eigenvalue weighted by molar-refractivity contribution is 0.882. The van der Waals surface area contributed by atoms with Crippen molar-refractivity contribution >= 4 is 0 Å². The number of aromatic nitrogens is 4. The van der Waals surface area contributed by atoms with Crippen LogP contribution in [0, 0.1) is 27.7 Å². The van der Waals surface area contributed by atoms with E-state index in [4.69, 9.17) is 0 Å². The molecule has 106 valence electrons. The van der Waals surface area contributed by atoms with Gasteiger partial charge in [0.25, 0.3) is 0 Å². The van der Waals surface area contributed by atoms with E-state index in [1.807, 2.05) is 29.8 Å². The van der Waals surface area contributed by atoms with Crippen molar-refractivity contribution < 1.29 is 0 Å². The normalized spacial score (nSPS) is 10.9. The largest absolute Gasteiger partial charge is 0.287 e. The number of hydrogen-bond donors (Lipinski definition) is 0. The number of benzene rings is 1. The zero-order valence-corrected chi connectivity index (χ0v) is 12.8. The van der Waals surface area contributed by atoms with Crippen LogP contribution in [0.1, 0.15) is 22.5 Å². The molecule has 0 aliphatic rings. The molecule has 3 aromatic rings. The van der Waals surface area contributed by atoms with Gasteiger partial charge in [0.15, 0.2) is 5.82 Å². The van der Waals surface area contributed by atoms with E-state index in [9.17, 15) is 0 Å². The van der Waals surface area contributed by atoms with Crippen molar-refractivity contribution in [1.82, 2.24) is 19.7 Å². The number of hydrogen-bond acceptors (Lipinski definition) is 3. The van der Waals surface area contributed by atoms with Crippen LogP contribution in [0.3, 0.4) is 0 Å². The fraction of sp³-hybridized carbons (Fsp3) is 0.235. The van der Waals surface area contributed by atoms with Gasteiger partial charge in [-0.05, 0) is 51.0 Å². The van der Waals surface area contributed by atoms with Gasteiger partial charge in [-0.15, -0.1) is 10.2 Å². The van der Waals surface area contributed by atoms with Crippen molar-refractivity contribution in [1.29, 1.82) is 0 Å². The van der Waals surface area contributed by atoms with Crippen molar-refractivity contribution in [2.75, 3.05) is 0 Å². The molecule has 0 aliphatic heterocycles. The summed E-state index contributed by atoms with van der Waals surface area (Å²) in [7, 11) is 0. The molecule has 4 heteroatoms. The molecule has 0 saturated heterocycles. The van der Waals surface area contributed by atoms with Gasteiger partial charge in [0.1, 0.15) is 5.82 Å². The quantitative estimate of drug-likeness (QED) is 0.720. The maximum Gasteiger partial charge on any atom is 0.160 e. The maximum absolute atomic E-state index is 4.40. The first kappa shape index (κ1) is 13.5. The third-order valence-electron chi connectivity index (χ3n) is 3.66. The second-order valence-electron chi connectivity index (χ2n) is 5.39. The Bertz CT molecular complexity index is 762. The highest BCUT2D eigenvalue weighted by atomic mass is 15.2. The summed E-state index contributed by atoms with van der Waals surface area (Å²) < 4.78 is 1.92. The highest BCUT2D eigenvalue weighted by Crippen LogP contribution is 2.26. The fourth-order valence-corrected chi connectivity index (χ4v) is 2.79. The van der Waals surface area contributed by atoms with Crippen molar-refractivity contribution in [2.45, 2.75) is 27.7 Å². The van der Waals surface area contributed by atoms with Gasteiger partial charge in [-0.25, -0.2) is 4.98 Å².